The van der Waals surface area contributed by atoms with E-state index in [1.54, 1.807) is 0 Å². The first-order valence-electron chi connectivity index (χ1n) is 10.6. The Bertz CT molecular complexity index is 1080. The first-order valence-corrected chi connectivity index (χ1v) is 11.4. The molecule has 3 N–H and O–H groups in total. The molecule has 0 bridgehead atoms. The van der Waals surface area contributed by atoms with E-state index in [-0.39, 0.29) is 10.9 Å². The lowest BCUT2D eigenvalue weighted by Gasteiger charge is -2.36. The number of likely N-dealkylation sites (tertiary alicyclic amines) is 1. The lowest BCUT2D eigenvalue weighted by Crippen LogP contribution is -2.48. The van der Waals surface area contributed by atoms with Crippen LogP contribution in [0.3, 0.4) is 0 Å². The first-order chi connectivity index (χ1) is 15.5. The maximum atomic E-state index is 14.0. The predicted octanol–water partition coefficient (Wildman–Crippen LogP) is 3.05. The number of hydrogen-bond acceptors (Lipinski definition) is 8. The van der Waals surface area contributed by atoms with Crippen molar-refractivity contribution in [3.05, 3.63) is 62.9 Å². The van der Waals surface area contributed by atoms with E-state index in [0.29, 0.717) is 47.7 Å². The van der Waals surface area contributed by atoms with Crippen LogP contribution in [0.5, 0.6) is 0 Å². The number of piperidine rings is 1. The van der Waals surface area contributed by atoms with Crippen molar-refractivity contribution < 1.29 is 8.81 Å². The van der Waals surface area contributed by atoms with Gasteiger partial charge in [0.25, 0.3) is 5.89 Å². The van der Waals surface area contributed by atoms with Gasteiger partial charge in [-0.3, -0.25) is 10.9 Å². The number of nitrogens with zero attached hydrogens (tertiary/aromatic N) is 4. The van der Waals surface area contributed by atoms with Crippen LogP contribution < -0.4 is 16.2 Å². The van der Waals surface area contributed by atoms with Crippen LogP contribution in [0.1, 0.15) is 36.1 Å². The topological polar surface area (TPSA) is 81.5 Å². The lowest BCUT2D eigenvalue weighted by molar-refractivity contribution is 0.236. The highest BCUT2D eigenvalue weighted by atomic mass is 35.5. The smallest absolute Gasteiger partial charge is 0.265 e. The molecule has 2 aromatic rings. The molecule has 0 amide bonds. The standard InChI is InChI=1S/C21H24Cl2FN7O/c1-30-7-4-12(5-8-30)20-28-29-21(32-20)16-10-17-19(27-26-16)25-6-9-31(17)11-13-14(22)2-3-15(24)18(13)23/h2-3,10,12,25-27H,4-9,11H2,1H3. The van der Waals surface area contributed by atoms with E-state index < -0.39 is 5.82 Å². The highest BCUT2D eigenvalue weighted by Crippen LogP contribution is 2.32. The molecule has 0 spiro atoms. The summed E-state index contributed by atoms with van der Waals surface area (Å²) in [7, 11) is 2.12. The van der Waals surface area contributed by atoms with Crippen molar-refractivity contribution in [2.75, 3.05) is 33.2 Å². The molecule has 1 fully saturated rings. The zero-order chi connectivity index (χ0) is 22.2. The molecule has 1 aromatic heterocycles. The number of hydrazine groups is 1. The van der Waals surface area contributed by atoms with E-state index in [1.807, 2.05) is 6.08 Å². The van der Waals surface area contributed by atoms with Crippen molar-refractivity contribution in [3.8, 4) is 0 Å². The van der Waals surface area contributed by atoms with Crippen molar-refractivity contribution in [2.45, 2.75) is 25.3 Å². The normalized spacial score (nSPS) is 19.8. The summed E-state index contributed by atoms with van der Waals surface area (Å²) in [4.78, 5) is 4.39. The molecule has 1 aromatic carbocycles. The third kappa shape index (κ3) is 4.12. The molecule has 0 unspecified atom stereocenters. The van der Waals surface area contributed by atoms with Gasteiger partial charge in [0.15, 0.2) is 0 Å². The average molecular weight is 480 g/mol. The Kier molecular flexibility index (Phi) is 5.88. The van der Waals surface area contributed by atoms with Crippen LogP contribution in [0.2, 0.25) is 10.0 Å². The number of halogens is 3. The Morgan fingerprint density at radius 1 is 1.16 bits per heavy atom. The molecular weight excluding hydrogens is 456 g/mol. The number of rotatable bonds is 4. The van der Waals surface area contributed by atoms with Crippen LogP contribution in [0.4, 0.5) is 4.39 Å². The first kappa shape index (κ1) is 21.4. The van der Waals surface area contributed by atoms with E-state index in [1.165, 1.54) is 12.1 Å². The Morgan fingerprint density at radius 3 is 2.78 bits per heavy atom. The molecule has 3 aliphatic heterocycles. The Morgan fingerprint density at radius 2 is 1.97 bits per heavy atom. The summed E-state index contributed by atoms with van der Waals surface area (Å²) in [6.45, 7) is 3.81. The van der Waals surface area contributed by atoms with Gasteiger partial charge in [-0.1, -0.05) is 23.2 Å². The van der Waals surface area contributed by atoms with E-state index >= 15 is 0 Å². The summed E-state index contributed by atoms with van der Waals surface area (Å²) >= 11 is 12.5. The van der Waals surface area contributed by atoms with Crippen molar-refractivity contribution in [1.82, 2.24) is 36.2 Å². The predicted molar refractivity (Wildman–Crippen MR) is 120 cm³/mol. The van der Waals surface area contributed by atoms with Gasteiger partial charge in [0.2, 0.25) is 5.89 Å². The third-order valence-corrected chi connectivity index (χ3v) is 6.87. The minimum absolute atomic E-state index is 0.0453. The zero-order valence-corrected chi connectivity index (χ0v) is 19.1. The summed E-state index contributed by atoms with van der Waals surface area (Å²) in [6, 6.07) is 2.80. The van der Waals surface area contributed by atoms with Crippen molar-refractivity contribution in [1.29, 1.82) is 0 Å². The Labute approximate surface area is 195 Å². The van der Waals surface area contributed by atoms with Crippen molar-refractivity contribution >= 4 is 28.9 Å². The Balaban J connectivity index is 1.39. The Hall–Kier alpha value is -2.49. The SMILES string of the molecule is CN1CCC(c2nnc(C3=CC4=C(NCCN4Cc4c(Cl)ccc(F)c4Cl)NN3)o2)CC1. The molecule has 11 heteroatoms. The largest absolute Gasteiger partial charge is 0.419 e. The zero-order valence-electron chi connectivity index (χ0n) is 17.6. The quantitative estimate of drug-likeness (QED) is 0.577. The summed E-state index contributed by atoms with van der Waals surface area (Å²) in [6.07, 6.45) is 3.95. The van der Waals surface area contributed by atoms with E-state index in [4.69, 9.17) is 27.6 Å². The molecule has 32 heavy (non-hydrogen) atoms. The van der Waals surface area contributed by atoms with Crippen LogP contribution in [-0.4, -0.2) is 53.2 Å². The number of aromatic nitrogens is 2. The molecule has 4 heterocycles. The van der Waals surface area contributed by atoms with Gasteiger partial charge in [-0.2, -0.15) is 0 Å². The fourth-order valence-electron chi connectivity index (χ4n) is 4.21. The van der Waals surface area contributed by atoms with E-state index in [9.17, 15) is 4.39 Å². The summed E-state index contributed by atoms with van der Waals surface area (Å²) in [5.74, 6) is 1.70. The summed E-state index contributed by atoms with van der Waals surface area (Å²) in [5.41, 5.74) is 8.37. The van der Waals surface area contributed by atoms with Gasteiger partial charge in [-0.05, 0) is 51.2 Å². The molecule has 5 rings (SSSR count). The molecule has 0 atom stereocenters. The molecule has 0 saturated carbocycles. The second-order valence-corrected chi connectivity index (χ2v) is 9.05. The van der Waals surface area contributed by atoms with Crippen molar-refractivity contribution in [2.24, 2.45) is 0 Å². The highest BCUT2D eigenvalue weighted by molar-refractivity contribution is 6.36. The van der Waals surface area contributed by atoms with Crippen LogP contribution in [-0.2, 0) is 6.54 Å². The van der Waals surface area contributed by atoms with Gasteiger partial charge in [-0.15, -0.1) is 10.2 Å². The minimum atomic E-state index is -0.484. The molecular formula is C21H24Cl2FN7O. The summed E-state index contributed by atoms with van der Waals surface area (Å²) in [5, 5.41) is 12.4. The molecule has 8 nitrogen and oxygen atoms in total. The van der Waals surface area contributed by atoms with Crippen LogP contribution in [0, 0.1) is 5.82 Å². The maximum absolute atomic E-state index is 14.0. The van der Waals surface area contributed by atoms with Crippen LogP contribution >= 0.6 is 23.2 Å². The maximum Gasteiger partial charge on any atom is 0.265 e. The number of benzene rings is 1. The van der Waals surface area contributed by atoms with Gasteiger partial charge in [0.05, 0.1) is 10.7 Å². The van der Waals surface area contributed by atoms with Gasteiger partial charge in [-0.25, -0.2) is 4.39 Å². The minimum Gasteiger partial charge on any atom is -0.419 e. The number of nitrogens with one attached hydrogen (secondary N) is 3. The summed E-state index contributed by atoms with van der Waals surface area (Å²) < 4.78 is 20.0. The third-order valence-electron chi connectivity index (χ3n) is 6.11. The number of allylic oxidation sites excluding steroid dienone is 1. The molecule has 3 aliphatic rings. The fourth-order valence-corrected chi connectivity index (χ4v) is 4.70. The van der Waals surface area contributed by atoms with Crippen LogP contribution in [0.25, 0.3) is 5.70 Å². The lowest BCUT2D eigenvalue weighted by atomic mass is 9.97. The van der Waals surface area contributed by atoms with Crippen molar-refractivity contribution in [3.63, 3.8) is 0 Å². The van der Waals surface area contributed by atoms with E-state index in [0.717, 1.165) is 37.4 Å². The van der Waals surface area contributed by atoms with E-state index in [2.05, 4.69) is 43.2 Å². The van der Waals surface area contributed by atoms with Gasteiger partial charge in [0.1, 0.15) is 17.3 Å². The molecule has 0 aliphatic carbocycles. The molecule has 170 valence electrons. The second-order valence-electron chi connectivity index (χ2n) is 8.26. The van der Waals surface area contributed by atoms with Gasteiger partial charge >= 0.3 is 0 Å². The van der Waals surface area contributed by atoms with Crippen LogP contribution in [0.15, 0.2) is 34.1 Å². The average Bonchev–Trinajstić information content (AvgIpc) is 3.30. The van der Waals surface area contributed by atoms with Gasteiger partial charge in [0, 0.05) is 36.1 Å². The highest BCUT2D eigenvalue weighted by Gasteiger charge is 2.28. The fraction of sp³-hybridized carbons (Fsp3) is 0.429. The number of hydrogen-bond donors (Lipinski definition) is 3. The second kappa shape index (κ2) is 8.80. The molecule has 1 saturated heterocycles. The molecule has 0 radical (unpaired) electrons. The monoisotopic (exact) mass is 479 g/mol. The van der Waals surface area contributed by atoms with Gasteiger partial charge < -0.3 is 19.5 Å².